The number of hydrogen-bond donors (Lipinski definition) is 1. The van der Waals surface area contributed by atoms with Crippen LogP contribution in [0.3, 0.4) is 0 Å². The van der Waals surface area contributed by atoms with Crippen LogP contribution < -0.4 is 10.2 Å². The molecule has 2 rings (SSSR count). The molecule has 1 amide bonds. The Balaban J connectivity index is 1.75. The second kappa shape index (κ2) is 8.97. The summed E-state index contributed by atoms with van der Waals surface area (Å²) in [6, 6.07) is 13.5. The van der Waals surface area contributed by atoms with Crippen LogP contribution in [-0.2, 0) is 4.79 Å². The molecule has 0 heterocycles. The number of nitro benzene ring substituents is 1. The van der Waals surface area contributed by atoms with Crippen molar-refractivity contribution < 1.29 is 14.5 Å². The molecule has 0 aliphatic rings. The monoisotopic (exact) mass is 339 g/mol. The highest BCUT2D eigenvalue weighted by atomic mass is 16.6. The summed E-state index contributed by atoms with van der Waals surface area (Å²) in [6.45, 7) is 1.77. The first kappa shape index (κ1) is 17.9. The molecular formula is C18H17N3O4. The number of aryl methyl sites for hydroxylation is 1. The average molecular weight is 339 g/mol. The lowest BCUT2D eigenvalue weighted by molar-refractivity contribution is -0.384. The topological polar surface area (TPSA) is 93.8 Å². The zero-order valence-electron chi connectivity index (χ0n) is 13.6. The minimum atomic E-state index is -0.455. The Morgan fingerprint density at radius 2 is 1.96 bits per heavy atom. The van der Waals surface area contributed by atoms with E-state index in [2.05, 4.69) is 10.5 Å². The lowest BCUT2D eigenvalue weighted by Crippen LogP contribution is -2.24. The van der Waals surface area contributed by atoms with Crippen molar-refractivity contribution in [2.45, 2.75) is 6.92 Å². The van der Waals surface area contributed by atoms with Gasteiger partial charge in [-0.3, -0.25) is 14.9 Å². The number of benzene rings is 2. The molecule has 1 N–H and O–H groups in total. The van der Waals surface area contributed by atoms with Crippen molar-refractivity contribution in [3.63, 3.8) is 0 Å². The first-order valence-corrected chi connectivity index (χ1v) is 7.48. The number of nitrogens with zero attached hydrogens (tertiary/aromatic N) is 2. The summed E-state index contributed by atoms with van der Waals surface area (Å²) < 4.78 is 5.40. The summed E-state index contributed by atoms with van der Waals surface area (Å²) >= 11 is 0. The maximum Gasteiger partial charge on any atom is 0.277 e. The molecule has 0 aliphatic carbocycles. The maximum absolute atomic E-state index is 11.6. The van der Waals surface area contributed by atoms with Gasteiger partial charge in [-0.15, -0.1) is 0 Å². The molecule has 0 aliphatic heterocycles. The molecule has 0 fully saturated rings. The Morgan fingerprint density at radius 1 is 1.24 bits per heavy atom. The molecule has 2 aromatic carbocycles. The number of non-ortho nitro benzene ring substituents is 1. The predicted octanol–water partition coefficient (Wildman–Crippen LogP) is 3.10. The quantitative estimate of drug-likeness (QED) is 0.476. The van der Waals surface area contributed by atoms with Gasteiger partial charge in [0.05, 0.1) is 4.92 Å². The lowest BCUT2D eigenvalue weighted by atomic mass is 10.2. The summed E-state index contributed by atoms with van der Waals surface area (Å²) in [5.41, 5.74) is 4.11. The SMILES string of the molecule is Cc1ccccc1OCC(=O)N/N=C/C=C/c1ccc([N+](=O)[O-])cc1. The molecule has 0 unspecified atom stereocenters. The molecule has 0 saturated carbocycles. The van der Waals surface area contributed by atoms with Crippen molar-refractivity contribution in [2.24, 2.45) is 5.10 Å². The molecule has 0 spiro atoms. The number of ether oxygens (including phenoxy) is 1. The average Bonchev–Trinajstić information content (AvgIpc) is 2.61. The molecule has 0 aromatic heterocycles. The van der Waals surface area contributed by atoms with Crippen LogP contribution in [0.15, 0.2) is 59.7 Å². The minimum absolute atomic E-state index is 0.0340. The van der Waals surface area contributed by atoms with Gasteiger partial charge in [-0.05, 0) is 42.3 Å². The van der Waals surface area contributed by atoms with Crippen LogP contribution in [0.5, 0.6) is 5.75 Å². The molecule has 0 bridgehead atoms. The van der Waals surface area contributed by atoms with E-state index in [1.165, 1.54) is 18.3 Å². The highest BCUT2D eigenvalue weighted by Gasteiger charge is 2.03. The number of allylic oxidation sites excluding steroid dienone is 1. The van der Waals surface area contributed by atoms with E-state index in [1.54, 1.807) is 30.4 Å². The van der Waals surface area contributed by atoms with Crippen LogP contribution in [0.2, 0.25) is 0 Å². The van der Waals surface area contributed by atoms with E-state index in [4.69, 9.17) is 4.74 Å². The van der Waals surface area contributed by atoms with E-state index < -0.39 is 4.92 Å². The van der Waals surface area contributed by atoms with Gasteiger partial charge >= 0.3 is 0 Å². The zero-order valence-corrected chi connectivity index (χ0v) is 13.6. The number of hydrazone groups is 1. The van der Waals surface area contributed by atoms with Crippen molar-refractivity contribution in [3.05, 3.63) is 75.8 Å². The third-order valence-electron chi connectivity index (χ3n) is 3.19. The molecule has 7 nitrogen and oxygen atoms in total. The Labute approximate surface area is 144 Å². The highest BCUT2D eigenvalue weighted by Crippen LogP contribution is 2.15. The van der Waals surface area contributed by atoms with Crippen LogP contribution in [0, 0.1) is 17.0 Å². The number of para-hydroxylation sites is 1. The van der Waals surface area contributed by atoms with Gasteiger partial charge in [0.1, 0.15) is 5.75 Å². The Bertz CT molecular complexity index is 798. The summed E-state index contributed by atoms with van der Waals surface area (Å²) in [6.07, 6.45) is 4.74. The third-order valence-corrected chi connectivity index (χ3v) is 3.19. The Hall–Kier alpha value is -3.48. The standard InChI is InChI=1S/C18H17N3O4/c1-14-5-2-3-7-17(14)25-13-18(22)20-19-12-4-6-15-8-10-16(11-9-15)21(23)24/h2-12H,13H2,1H3,(H,20,22)/b6-4+,19-12+. The highest BCUT2D eigenvalue weighted by molar-refractivity contribution is 5.82. The van der Waals surface area contributed by atoms with Crippen LogP contribution in [-0.4, -0.2) is 23.7 Å². The van der Waals surface area contributed by atoms with Crippen LogP contribution in [0.1, 0.15) is 11.1 Å². The van der Waals surface area contributed by atoms with Crippen molar-refractivity contribution in [3.8, 4) is 5.75 Å². The zero-order chi connectivity index (χ0) is 18.1. The fourth-order valence-electron chi connectivity index (χ4n) is 1.91. The van der Waals surface area contributed by atoms with E-state index in [1.807, 2.05) is 25.1 Å². The van der Waals surface area contributed by atoms with Crippen LogP contribution >= 0.6 is 0 Å². The molecule has 25 heavy (non-hydrogen) atoms. The van der Waals surface area contributed by atoms with Gasteiger partial charge in [-0.2, -0.15) is 5.10 Å². The molecule has 0 atom stereocenters. The first-order chi connectivity index (χ1) is 12.1. The maximum atomic E-state index is 11.6. The first-order valence-electron chi connectivity index (χ1n) is 7.48. The predicted molar refractivity (Wildman–Crippen MR) is 95.4 cm³/mol. The lowest BCUT2D eigenvalue weighted by Gasteiger charge is -2.07. The molecular weight excluding hydrogens is 322 g/mol. The largest absolute Gasteiger partial charge is 0.483 e. The third kappa shape index (κ3) is 5.91. The number of rotatable bonds is 7. The van der Waals surface area contributed by atoms with Crippen molar-refractivity contribution >= 4 is 23.9 Å². The Morgan fingerprint density at radius 3 is 2.64 bits per heavy atom. The number of hydrogen-bond acceptors (Lipinski definition) is 5. The summed E-state index contributed by atoms with van der Waals surface area (Å²) in [5, 5.41) is 14.3. The Kier molecular flexibility index (Phi) is 6.41. The summed E-state index contributed by atoms with van der Waals surface area (Å²) in [7, 11) is 0. The second-order valence-corrected chi connectivity index (χ2v) is 5.08. The smallest absolute Gasteiger partial charge is 0.277 e. The normalized spacial score (nSPS) is 10.9. The second-order valence-electron chi connectivity index (χ2n) is 5.08. The molecule has 0 saturated heterocycles. The van der Waals surface area contributed by atoms with E-state index in [-0.39, 0.29) is 18.2 Å². The van der Waals surface area contributed by atoms with E-state index >= 15 is 0 Å². The van der Waals surface area contributed by atoms with Crippen molar-refractivity contribution in [1.82, 2.24) is 5.43 Å². The number of carbonyl (C=O) groups is 1. The number of amides is 1. The molecule has 128 valence electrons. The van der Waals surface area contributed by atoms with Gasteiger partial charge in [0.25, 0.3) is 11.6 Å². The summed E-state index contributed by atoms with van der Waals surface area (Å²) in [5.74, 6) is 0.280. The van der Waals surface area contributed by atoms with Crippen molar-refractivity contribution in [2.75, 3.05) is 6.61 Å². The van der Waals surface area contributed by atoms with Gasteiger partial charge in [-0.1, -0.05) is 24.3 Å². The fourth-order valence-corrected chi connectivity index (χ4v) is 1.91. The van der Waals surface area contributed by atoms with Crippen LogP contribution in [0.4, 0.5) is 5.69 Å². The molecule has 2 aromatic rings. The van der Waals surface area contributed by atoms with Gasteiger partial charge in [0.15, 0.2) is 6.61 Å². The van der Waals surface area contributed by atoms with Crippen molar-refractivity contribution in [1.29, 1.82) is 0 Å². The van der Waals surface area contributed by atoms with Gasteiger partial charge in [0, 0.05) is 18.3 Å². The number of nitro groups is 1. The molecule has 7 heteroatoms. The number of nitrogens with one attached hydrogen (secondary N) is 1. The van der Waals surface area contributed by atoms with Gasteiger partial charge in [-0.25, -0.2) is 5.43 Å². The van der Waals surface area contributed by atoms with Gasteiger partial charge < -0.3 is 4.74 Å². The summed E-state index contributed by atoms with van der Waals surface area (Å²) in [4.78, 5) is 21.7. The number of carbonyl (C=O) groups excluding carboxylic acids is 1. The molecule has 0 radical (unpaired) electrons. The van der Waals surface area contributed by atoms with E-state index in [0.29, 0.717) is 5.75 Å². The minimum Gasteiger partial charge on any atom is -0.483 e. The van der Waals surface area contributed by atoms with Crippen LogP contribution in [0.25, 0.3) is 6.08 Å². The fraction of sp³-hybridized carbons (Fsp3) is 0.111. The van der Waals surface area contributed by atoms with Gasteiger partial charge in [0.2, 0.25) is 0 Å². The van der Waals surface area contributed by atoms with E-state index in [9.17, 15) is 14.9 Å². The van der Waals surface area contributed by atoms with E-state index in [0.717, 1.165) is 11.1 Å².